The average molecular weight is 281 g/mol. The molecule has 0 spiro atoms. The summed E-state index contributed by atoms with van der Waals surface area (Å²) in [7, 11) is 0. The smallest absolute Gasteiger partial charge is 0.245 e. The van der Waals surface area contributed by atoms with Crippen LogP contribution in [-0.2, 0) is 9.59 Å². The third-order valence-corrected chi connectivity index (χ3v) is 4.40. The van der Waals surface area contributed by atoms with E-state index < -0.39 is 6.10 Å². The molecule has 2 amide bonds. The van der Waals surface area contributed by atoms with Crippen LogP contribution in [0.3, 0.4) is 0 Å². The van der Waals surface area contributed by atoms with E-state index in [0.717, 1.165) is 19.3 Å². The maximum absolute atomic E-state index is 12.4. The molecule has 2 unspecified atom stereocenters. The molecule has 2 heterocycles. The highest BCUT2D eigenvalue weighted by Gasteiger charge is 2.40. The number of β-amino-alcohol motifs (C(OH)–C–C–N with tert-alkyl or cyclic N) is 1. The fraction of sp³-hybridized carbons (Fsp3) is 0.857. The number of amides is 2. The monoisotopic (exact) mass is 281 g/mol. The van der Waals surface area contributed by atoms with Crippen LogP contribution in [0.15, 0.2) is 0 Å². The molecule has 3 rings (SSSR count). The van der Waals surface area contributed by atoms with Gasteiger partial charge in [-0.05, 0) is 32.1 Å². The molecule has 20 heavy (non-hydrogen) atoms. The van der Waals surface area contributed by atoms with Crippen LogP contribution in [0.4, 0.5) is 0 Å². The summed E-state index contributed by atoms with van der Waals surface area (Å²) in [5.74, 6) is 0.0337. The van der Waals surface area contributed by atoms with E-state index in [1.165, 1.54) is 17.7 Å². The lowest BCUT2D eigenvalue weighted by Gasteiger charge is -2.43. The van der Waals surface area contributed by atoms with Gasteiger partial charge < -0.3 is 20.2 Å². The quantitative estimate of drug-likeness (QED) is 0.700. The summed E-state index contributed by atoms with van der Waals surface area (Å²) in [5.41, 5.74) is 0. The number of piperidine rings is 1. The molecule has 6 heteroatoms. The maximum Gasteiger partial charge on any atom is 0.245 e. The molecule has 0 aromatic heterocycles. The van der Waals surface area contributed by atoms with Crippen molar-refractivity contribution in [3.63, 3.8) is 0 Å². The summed E-state index contributed by atoms with van der Waals surface area (Å²) < 4.78 is 0. The predicted molar refractivity (Wildman–Crippen MR) is 73.0 cm³/mol. The molecule has 2 atom stereocenters. The van der Waals surface area contributed by atoms with Crippen molar-refractivity contribution in [3.05, 3.63) is 0 Å². The van der Waals surface area contributed by atoms with Crippen LogP contribution >= 0.6 is 0 Å². The number of rotatable bonds is 5. The molecular formula is C14H23N3O3. The zero-order valence-electron chi connectivity index (χ0n) is 11.8. The average Bonchev–Trinajstić information content (AvgIpc) is 3.26. The molecule has 0 radical (unpaired) electrons. The van der Waals surface area contributed by atoms with Gasteiger partial charge >= 0.3 is 0 Å². The number of hydrogen-bond acceptors (Lipinski definition) is 4. The van der Waals surface area contributed by atoms with E-state index in [2.05, 4.69) is 5.32 Å². The number of carbonyl (C=O) groups is 2. The summed E-state index contributed by atoms with van der Waals surface area (Å²) in [6.07, 6.45) is 4.50. The highest BCUT2D eigenvalue weighted by molar-refractivity contribution is 5.95. The van der Waals surface area contributed by atoms with Gasteiger partial charge in [0, 0.05) is 25.7 Å². The predicted octanol–water partition coefficient (Wildman–Crippen LogP) is -0.677. The zero-order valence-corrected chi connectivity index (χ0v) is 11.8. The molecule has 0 bridgehead atoms. The number of nitrogens with one attached hydrogen (secondary N) is 1. The number of carbonyl (C=O) groups excluding carboxylic acids is 2. The molecule has 3 aliphatic rings. The number of aliphatic hydroxyl groups excluding tert-OH is 1. The summed E-state index contributed by atoms with van der Waals surface area (Å²) in [6, 6.07) is 0.255. The molecule has 3 fully saturated rings. The van der Waals surface area contributed by atoms with Crippen molar-refractivity contribution < 1.29 is 14.7 Å². The molecule has 112 valence electrons. The lowest BCUT2D eigenvalue weighted by Crippen LogP contribution is -2.62. The minimum Gasteiger partial charge on any atom is -0.390 e. The van der Waals surface area contributed by atoms with Crippen LogP contribution in [0.2, 0.25) is 0 Å². The lowest BCUT2D eigenvalue weighted by atomic mass is 9.98. The van der Waals surface area contributed by atoms with Crippen LogP contribution < -0.4 is 5.32 Å². The van der Waals surface area contributed by atoms with Crippen molar-refractivity contribution in [3.8, 4) is 0 Å². The number of hydrogen-bond donors (Lipinski definition) is 2. The van der Waals surface area contributed by atoms with Gasteiger partial charge in [-0.2, -0.15) is 0 Å². The standard InChI is InChI=1S/C14H23N3O3/c18-11(7-15-10-4-5-10)8-16-9-13(19)17-6-2-1-3-12(17)14(16)20/h10-12,15,18H,1-9H2. The van der Waals surface area contributed by atoms with Crippen molar-refractivity contribution in [2.45, 2.75) is 50.3 Å². The van der Waals surface area contributed by atoms with E-state index in [0.29, 0.717) is 19.1 Å². The van der Waals surface area contributed by atoms with Crippen LogP contribution in [0.25, 0.3) is 0 Å². The minimum absolute atomic E-state index is 0.00905. The van der Waals surface area contributed by atoms with Gasteiger partial charge in [-0.25, -0.2) is 0 Å². The maximum atomic E-state index is 12.4. The second-order valence-corrected chi connectivity index (χ2v) is 6.15. The zero-order chi connectivity index (χ0) is 14.1. The molecular weight excluding hydrogens is 258 g/mol. The fourth-order valence-corrected chi connectivity index (χ4v) is 3.09. The van der Waals surface area contributed by atoms with E-state index in [-0.39, 0.29) is 30.9 Å². The number of aliphatic hydroxyl groups is 1. The van der Waals surface area contributed by atoms with Gasteiger partial charge in [-0.15, -0.1) is 0 Å². The molecule has 1 saturated carbocycles. The Bertz CT molecular complexity index is 397. The summed E-state index contributed by atoms with van der Waals surface area (Å²) in [4.78, 5) is 27.7. The van der Waals surface area contributed by atoms with Crippen molar-refractivity contribution in [2.24, 2.45) is 0 Å². The van der Waals surface area contributed by atoms with Gasteiger partial charge in [0.25, 0.3) is 0 Å². The van der Waals surface area contributed by atoms with E-state index in [9.17, 15) is 14.7 Å². The van der Waals surface area contributed by atoms with E-state index in [1.807, 2.05) is 0 Å². The fourth-order valence-electron chi connectivity index (χ4n) is 3.09. The van der Waals surface area contributed by atoms with Crippen LogP contribution in [0.1, 0.15) is 32.1 Å². The largest absolute Gasteiger partial charge is 0.390 e. The Morgan fingerprint density at radius 2 is 2.05 bits per heavy atom. The highest BCUT2D eigenvalue weighted by atomic mass is 16.3. The molecule has 0 aromatic carbocycles. The molecule has 0 aromatic rings. The van der Waals surface area contributed by atoms with Gasteiger partial charge in [0.05, 0.1) is 12.6 Å². The van der Waals surface area contributed by atoms with Gasteiger partial charge in [0.2, 0.25) is 11.8 Å². The summed E-state index contributed by atoms with van der Waals surface area (Å²) in [5, 5.41) is 13.2. The number of piperazine rings is 1. The Hall–Kier alpha value is -1.14. The minimum atomic E-state index is -0.595. The SMILES string of the molecule is O=C1C2CCCCN2C(=O)CN1CC(O)CNC1CC1. The van der Waals surface area contributed by atoms with Crippen LogP contribution in [0.5, 0.6) is 0 Å². The van der Waals surface area contributed by atoms with E-state index >= 15 is 0 Å². The third-order valence-electron chi connectivity index (χ3n) is 4.40. The Kier molecular flexibility index (Phi) is 3.94. The van der Waals surface area contributed by atoms with Gasteiger partial charge in [0.1, 0.15) is 6.04 Å². The third kappa shape index (κ3) is 2.96. The normalized spacial score (nSPS) is 28.6. The Balaban J connectivity index is 1.55. The Morgan fingerprint density at radius 3 is 2.80 bits per heavy atom. The summed E-state index contributed by atoms with van der Waals surface area (Å²) in [6.45, 7) is 1.58. The second-order valence-electron chi connectivity index (χ2n) is 6.15. The summed E-state index contributed by atoms with van der Waals surface area (Å²) >= 11 is 0. The van der Waals surface area contributed by atoms with Crippen LogP contribution in [0, 0.1) is 0 Å². The topological polar surface area (TPSA) is 72.9 Å². The van der Waals surface area contributed by atoms with Gasteiger partial charge in [-0.3, -0.25) is 9.59 Å². The van der Waals surface area contributed by atoms with Gasteiger partial charge in [0.15, 0.2) is 0 Å². The number of nitrogens with zero attached hydrogens (tertiary/aromatic N) is 2. The van der Waals surface area contributed by atoms with Crippen molar-refractivity contribution in [2.75, 3.05) is 26.2 Å². The Labute approximate surface area is 119 Å². The second kappa shape index (κ2) is 5.69. The molecule has 6 nitrogen and oxygen atoms in total. The van der Waals surface area contributed by atoms with Crippen LogP contribution in [-0.4, -0.2) is 71.1 Å². The first-order valence-electron chi connectivity index (χ1n) is 7.65. The van der Waals surface area contributed by atoms with E-state index in [1.54, 1.807) is 4.90 Å². The first-order valence-corrected chi connectivity index (χ1v) is 7.65. The molecule has 2 saturated heterocycles. The lowest BCUT2D eigenvalue weighted by molar-refractivity contribution is -0.158. The van der Waals surface area contributed by atoms with Crippen molar-refractivity contribution in [1.82, 2.24) is 15.1 Å². The molecule has 2 aliphatic heterocycles. The highest BCUT2D eigenvalue weighted by Crippen LogP contribution is 2.23. The number of fused-ring (bicyclic) bond motifs is 1. The first kappa shape index (κ1) is 13.8. The molecule has 1 aliphatic carbocycles. The van der Waals surface area contributed by atoms with E-state index in [4.69, 9.17) is 0 Å². The first-order chi connectivity index (χ1) is 9.65. The van der Waals surface area contributed by atoms with Gasteiger partial charge in [-0.1, -0.05) is 0 Å². The van der Waals surface area contributed by atoms with Crippen molar-refractivity contribution in [1.29, 1.82) is 0 Å². The van der Waals surface area contributed by atoms with Crippen molar-refractivity contribution >= 4 is 11.8 Å². The Morgan fingerprint density at radius 1 is 1.25 bits per heavy atom. The molecule has 2 N–H and O–H groups in total.